The van der Waals surface area contributed by atoms with E-state index in [4.69, 9.17) is 13.0 Å². The number of quaternary nitrogens is 1. The summed E-state index contributed by atoms with van der Waals surface area (Å²) in [5.41, 5.74) is 0. The lowest BCUT2D eigenvalue weighted by molar-refractivity contribution is -0.888. The number of nitrogens with zero attached hydrogens (tertiary/aromatic N) is 1. The van der Waals surface area contributed by atoms with Crippen molar-refractivity contribution in [2.45, 2.75) is 13.3 Å². The van der Waals surface area contributed by atoms with Crippen molar-refractivity contribution in [2.24, 2.45) is 0 Å². The summed E-state index contributed by atoms with van der Waals surface area (Å²) in [6.07, 6.45) is 2.92. The molecule has 0 saturated carbocycles. The van der Waals surface area contributed by atoms with Crippen molar-refractivity contribution in [2.75, 3.05) is 40.0 Å². The lowest BCUT2D eigenvalue weighted by Gasteiger charge is -2.28. The number of carbonyl (C=O) groups is 1. The Bertz CT molecular complexity index is 342. The maximum atomic E-state index is 10.8. The first-order chi connectivity index (χ1) is 8.02. The number of nitrogens with one attached hydrogen (secondary N) is 1. The van der Waals surface area contributed by atoms with Gasteiger partial charge in [0.25, 0.3) is 0 Å². The van der Waals surface area contributed by atoms with Crippen LogP contribution >= 0.6 is 0 Å². The van der Waals surface area contributed by atoms with Crippen LogP contribution in [-0.2, 0) is 14.9 Å². The van der Waals surface area contributed by atoms with Crippen molar-refractivity contribution >= 4 is 16.0 Å². The van der Waals surface area contributed by atoms with Crippen LogP contribution < -0.4 is 5.32 Å². The molecule has 0 rings (SSSR count). The van der Waals surface area contributed by atoms with Crippen LogP contribution in [0.5, 0.6) is 0 Å². The van der Waals surface area contributed by atoms with Crippen molar-refractivity contribution in [1.82, 2.24) is 5.32 Å². The minimum atomic E-state index is -3.92. The van der Waals surface area contributed by atoms with E-state index in [2.05, 4.69) is 32.9 Å². The van der Waals surface area contributed by atoms with Crippen LogP contribution in [0.2, 0.25) is 0 Å². The highest BCUT2D eigenvalue weighted by molar-refractivity contribution is 7.84. The van der Waals surface area contributed by atoms with Crippen LogP contribution in [-0.4, -0.2) is 63.3 Å². The van der Waals surface area contributed by atoms with Crippen molar-refractivity contribution < 1.29 is 22.2 Å². The number of carbonyl (C=O) groups excluding carboxylic acids is 1. The highest BCUT2D eigenvalue weighted by Crippen LogP contribution is 1.96. The molecular formula is C11H24N2O4S. The highest BCUT2D eigenvalue weighted by Gasteiger charge is 2.10. The minimum absolute atomic E-state index is 0.0817. The summed E-state index contributed by atoms with van der Waals surface area (Å²) in [6, 6.07) is 0. The Morgan fingerprint density at radius 3 is 2.22 bits per heavy atom. The van der Waals surface area contributed by atoms with E-state index in [9.17, 15) is 4.79 Å². The first kappa shape index (κ1) is 19.4. The van der Waals surface area contributed by atoms with Crippen LogP contribution in [0.15, 0.2) is 12.7 Å². The Kier molecular flexibility index (Phi) is 9.78. The van der Waals surface area contributed by atoms with Gasteiger partial charge in [-0.3, -0.25) is 4.79 Å². The van der Waals surface area contributed by atoms with Gasteiger partial charge in [-0.15, -0.1) is 0 Å². The molecule has 18 heavy (non-hydrogen) atoms. The van der Waals surface area contributed by atoms with E-state index in [-0.39, 0.29) is 5.91 Å². The molecule has 0 saturated heterocycles. The highest BCUT2D eigenvalue weighted by atomic mass is 32.2. The number of rotatable bonds is 6. The van der Waals surface area contributed by atoms with E-state index < -0.39 is 10.1 Å². The molecule has 0 aromatic heterocycles. The second-order valence-electron chi connectivity index (χ2n) is 4.53. The van der Waals surface area contributed by atoms with Crippen LogP contribution in [0, 0.1) is 0 Å². The molecule has 0 unspecified atom stereocenters. The van der Waals surface area contributed by atoms with Crippen LogP contribution in [0.3, 0.4) is 0 Å². The zero-order valence-electron chi connectivity index (χ0n) is 11.6. The minimum Gasteiger partial charge on any atom is -0.748 e. The van der Waals surface area contributed by atoms with Gasteiger partial charge in [-0.1, -0.05) is 6.58 Å². The quantitative estimate of drug-likeness (QED) is 0.319. The number of hydrogen-bond acceptors (Lipinski definition) is 4. The maximum Gasteiger partial charge on any atom is 0.243 e. The number of hydrogen-bond donors (Lipinski definition) is 1. The molecule has 0 aromatic carbocycles. The van der Waals surface area contributed by atoms with Crippen LogP contribution in [0.1, 0.15) is 13.3 Å². The fourth-order valence-corrected chi connectivity index (χ4v) is 0.949. The van der Waals surface area contributed by atoms with Gasteiger partial charge < -0.3 is 14.4 Å². The summed E-state index contributed by atoms with van der Waals surface area (Å²) in [5, 5.41) is 2.76. The maximum absolute atomic E-state index is 10.8. The third-order valence-corrected chi connectivity index (χ3v) is 2.28. The smallest absolute Gasteiger partial charge is 0.243 e. The standard InChI is InChI=1S/C10H20N2O.CH4O3S/c1-5-10(13)11-8-7-9-12(3,4)6-2;1-5(2,3)4/h5H,1,6-9H2,2-4H3;1H3,(H,2,3,4). The predicted octanol–water partition coefficient (Wildman–Crippen LogP) is -0.0636. The molecule has 0 aliphatic heterocycles. The Hall–Kier alpha value is -0.920. The average molecular weight is 280 g/mol. The predicted molar refractivity (Wildman–Crippen MR) is 71.0 cm³/mol. The molecule has 0 heterocycles. The zero-order valence-corrected chi connectivity index (χ0v) is 12.4. The van der Waals surface area contributed by atoms with E-state index >= 15 is 0 Å². The monoisotopic (exact) mass is 280 g/mol. The van der Waals surface area contributed by atoms with Gasteiger partial charge in [0.15, 0.2) is 0 Å². The largest absolute Gasteiger partial charge is 0.748 e. The van der Waals surface area contributed by atoms with Crippen molar-refractivity contribution in [1.29, 1.82) is 0 Å². The van der Waals surface area contributed by atoms with Gasteiger partial charge in [0.05, 0.1) is 37.3 Å². The van der Waals surface area contributed by atoms with Gasteiger partial charge in [-0.2, -0.15) is 0 Å². The Morgan fingerprint density at radius 2 is 1.89 bits per heavy atom. The van der Waals surface area contributed by atoms with E-state index in [1.54, 1.807) is 0 Å². The molecule has 0 aromatic rings. The van der Waals surface area contributed by atoms with E-state index in [1.807, 2.05) is 0 Å². The molecule has 1 amide bonds. The normalized spacial score (nSPS) is 11.2. The third kappa shape index (κ3) is 20.5. The summed E-state index contributed by atoms with van der Waals surface area (Å²) in [4.78, 5) is 10.8. The van der Waals surface area contributed by atoms with Gasteiger partial charge in [0, 0.05) is 19.2 Å². The second kappa shape index (κ2) is 9.07. The SMILES string of the molecule is C=CC(=O)NCCC[N+](C)(C)CC.CS(=O)(=O)[O-]. The Morgan fingerprint density at radius 1 is 1.44 bits per heavy atom. The lowest BCUT2D eigenvalue weighted by atomic mass is 10.3. The molecule has 7 heteroatoms. The zero-order chi connectivity index (χ0) is 14.8. The van der Waals surface area contributed by atoms with Gasteiger partial charge in [-0.05, 0) is 13.0 Å². The second-order valence-corrected chi connectivity index (χ2v) is 5.94. The van der Waals surface area contributed by atoms with E-state index in [1.165, 1.54) is 6.08 Å². The molecule has 0 fully saturated rings. The molecule has 1 N–H and O–H groups in total. The van der Waals surface area contributed by atoms with Crippen molar-refractivity contribution in [3.05, 3.63) is 12.7 Å². The molecule has 0 radical (unpaired) electrons. The summed E-state index contributed by atoms with van der Waals surface area (Å²) in [7, 11) is 0.463. The molecule has 6 nitrogen and oxygen atoms in total. The van der Waals surface area contributed by atoms with E-state index in [0.29, 0.717) is 6.26 Å². The molecule has 0 aliphatic rings. The molecule has 108 valence electrons. The first-order valence-electron chi connectivity index (χ1n) is 5.65. The lowest BCUT2D eigenvalue weighted by Crippen LogP contribution is -2.41. The molecule has 0 spiro atoms. The fourth-order valence-electron chi connectivity index (χ4n) is 0.949. The van der Waals surface area contributed by atoms with E-state index in [0.717, 1.165) is 30.5 Å². The van der Waals surface area contributed by atoms with Crippen molar-refractivity contribution in [3.63, 3.8) is 0 Å². The molecule has 0 atom stereocenters. The van der Waals surface area contributed by atoms with Gasteiger partial charge in [0.2, 0.25) is 5.91 Å². The van der Waals surface area contributed by atoms with Gasteiger partial charge in [0.1, 0.15) is 0 Å². The summed E-state index contributed by atoms with van der Waals surface area (Å²) >= 11 is 0. The summed E-state index contributed by atoms with van der Waals surface area (Å²) in [6.45, 7) is 8.51. The Balaban J connectivity index is 0. The van der Waals surface area contributed by atoms with Crippen LogP contribution in [0.4, 0.5) is 0 Å². The average Bonchev–Trinajstić information content (AvgIpc) is 2.21. The van der Waals surface area contributed by atoms with Crippen molar-refractivity contribution in [3.8, 4) is 0 Å². The van der Waals surface area contributed by atoms with Gasteiger partial charge in [-0.25, -0.2) is 8.42 Å². The molecule has 0 bridgehead atoms. The van der Waals surface area contributed by atoms with Gasteiger partial charge >= 0.3 is 0 Å². The fraction of sp³-hybridized carbons (Fsp3) is 0.727. The molecule has 0 aliphatic carbocycles. The summed E-state index contributed by atoms with van der Waals surface area (Å²) < 4.78 is 28.2. The Labute approximate surface area is 110 Å². The van der Waals surface area contributed by atoms with Crippen LogP contribution in [0.25, 0.3) is 0 Å². The molecular weight excluding hydrogens is 256 g/mol. The number of amides is 1. The summed E-state index contributed by atoms with van der Waals surface area (Å²) in [5.74, 6) is -0.0817. The first-order valence-corrected chi connectivity index (χ1v) is 7.46. The third-order valence-electron chi connectivity index (χ3n) is 2.28. The topological polar surface area (TPSA) is 86.3 Å².